The van der Waals surface area contributed by atoms with Gasteiger partial charge in [-0.1, -0.05) is 62.4 Å². The molecular weight excluding hydrogens is 540 g/mol. The largest absolute Gasteiger partial charge is 0.312 e. The Balaban J connectivity index is 0.00000180. The first kappa shape index (κ1) is 30.1. The molecule has 4 aromatic carbocycles. The van der Waals surface area contributed by atoms with Crippen LogP contribution in [0.1, 0.15) is 68.6 Å². The van der Waals surface area contributed by atoms with Crippen molar-refractivity contribution in [1.29, 1.82) is 0 Å². The minimum Gasteiger partial charge on any atom is -0.312 e. The molecular formula is C35H38N4O4. The monoisotopic (exact) mass is 578 g/mol. The van der Waals surface area contributed by atoms with Gasteiger partial charge in [0.25, 0.3) is 23.6 Å². The molecule has 0 radical (unpaired) electrons. The maximum Gasteiger partial charge on any atom is 0.261 e. The number of nitrogens with zero attached hydrogens (tertiary/aromatic N) is 3. The van der Waals surface area contributed by atoms with E-state index in [0.717, 1.165) is 34.5 Å². The number of imide groups is 2. The molecule has 4 amide bonds. The predicted molar refractivity (Wildman–Crippen MR) is 170 cm³/mol. The van der Waals surface area contributed by atoms with E-state index in [1.165, 1.54) is 9.80 Å². The lowest BCUT2D eigenvalue weighted by Gasteiger charge is -2.30. The van der Waals surface area contributed by atoms with Crippen molar-refractivity contribution in [3.63, 3.8) is 0 Å². The second kappa shape index (κ2) is 12.9. The van der Waals surface area contributed by atoms with E-state index in [0.29, 0.717) is 41.9 Å². The molecule has 2 aliphatic heterocycles. The summed E-state index contributed by atoms with van der Waals surface area (Å²) in [5.74, 6) is -1.01. The van der Waals surface area contributed by atoms with Crippen LogP contribution in [0.4, 0.5) is 0 Å². The van der Waals surface area contributed by atoms with Crippen LogP contribution in [0.3, 0.4) is 0 Å². The second-order valence-corrected chi connectivity index (χ2v) is 10.9. The van der Waals surface area contributed by atoms with E-state index < -0.39 is 0 Å². The fourth-order valence-corrected chi connectivity index (χ4v) is 5.95. The van der Waals surface area contributed by atoms with E-state index in [1.807, 2.05) is 76.3 Å². The minimum atomic E-state index is -0.256. The van der Waals surface area contributed by atoms with E-state index in [1.54, 1.807) is 24.3 Å². The first-order chi connectivity index (χ1) is 20.8. The summed E-state index contributed by atoms with van der Waals surface area (Å²) in [5, 5.41) is 6.70. The number of nitrogens with one attached hydrogen (secondary N) is 1. The summed E-state index contributed by atoms with van der Waals surface area (Å²) < 4.78 is 0. The Hall–Kier alpha value is -4.40. The van der Waals surface area contributed by atoms with Gasteiger partial charge in [0.15, 0.2) is 0 Å². The standard InChI is InChI=1S/C33H32N4O4.C2H6/c1-21(20-37-32(40)26-14-5-10-23-11-6-15-27(29(23)26)33(37)41)34-16-7-17-35(2)18-19-36-30(38)24-12-3-8-22-9-4-13-25(28(22)24)31(36)39;1-2/h3-6,8-15,21,34H,7,16-20H2,1-2H3;1-2H3. The molecule has 0 spiro atoms. The van der Waals surface area contributed by atoms with Gasteiger partial charge in [-0.15, -0.1) is 0 Å². The molecule has 0 fully saturated rings. The molecule has 0 aromatic heterocycles. The molecule has 222 valence electrons. The molecule has 0 aliphatic carbocycles. The van der Waals surface area contributed by atoms with Gasteiger partial charge in [0.1, 0.15) is 0 Å². The lowest BCUT2D eigenvalue weighted by molar-refractivity contribution is 0.0584. The Kier molecular flexibility index (Phi) is 8.99. The SMILES string of the molecule is CC.CC(CN1C(=O)c2cccc3cccc(c23)C1=O)NCCCN(C)CCN1C(=O)c2cccc3cccc(c23)C1=O. The number of carbonyl (C=O) groups excluding carboxylic acids is 4. The molecule has 43 heavy (non-hydrogen) atoms. The third kappa shape index (κ3) is 5.68. The van der Waals surface area contributed by atoms with Gasteiger partial charge in [-0.05, 0) is 68.5 Å². The average molecular weight is 579 g/mol. The first-order valence-corrected chi connectivity index (χ1v) is 15.0. The highest BCUT2D eigenvalue weighted by atomic mass is 16.2. The van der Waals surface area contributed by atoms with Gasteiger partial charge >= 0.3 is 0 Å². The van der Waals surface area contributed by atoms with Crippen LogP contribution in [0.5, 0.6) is 0 Å². The van der Waals surface area contributed by atoms with Crippen LogP contribution in [-0.4, -0.2) is 84.1 Å². The maximum atomic E-state index is 13.2. The number of carbonyl (C=O) groups is 4. The van der Waals surface area contributed by atoms with Crippen molar-refractivity contribution >= 4 is 45.2 Å². The third-order valence-corrected chi connectivity index (χ3v) is 8.08. The number of rotatable bonds is 10. The lowest BCUT2D eigenvalue weighted by atomic mass is 9.94. The normalized spacial score (nSPS) is 14.9. The fourth-order valence-electron chi connectivity index (χ4n) is 5.95. The van der Waals surface area contributed by atoms with Crippen LogP contribution in [-0.2, 0) is 0 Å². The van der Waals surface area contributed by atoms with Crippen molar-refractivity contribution in [2.75, 3.05) is 39.8 Å². The van der Waals surface area contributed by atoms with E-state index in [2.05, 4.69) is 10.2 Å². The zero-order valence-corrected chi connectivity index (χ0v) is 25.2. The second-order valence-electron chi connectivity index (χ2n) is 10.9. The van der Waals surface area contributed by atoms with E-state index in [-0.39, 0.29) is 36.2 Å². The molecule has 1 unspecified atom stereocenters. The van der Waals surface area contributed by atoms with Gasteiger partial charge in [0.05, 0.1) is 0 Å². The molecule has 2 heterocycles. The van der Waals surface area contributed by atoms with Crippen LogP contribution in [0, 0.1) is 0 Å². The highest BCUT2D eigenvalue weighted by molar-refractivity contribution is 6.26. The Morgan fingerprint density at radius 2 is 1.07 bits per heavy atom. The maximum absolute atomic E-state index is 13.2. The van der Waals surface area contributed by atoms with E-state index in [9.17, 15) is 19.2 Å². The summed E-state index contributed by atoms with van der Waals surface area (Å²) in [6, 6.07) is 22.1. The summed E-state index contributed by atoms with van der Waals surface area (Å²) in [5.41, 5.74) is 2.28. The summed E-state index contributed by atoms with van der Waals surface area (Å²) in [6.45, 7) is 8.59. The van der Waals surface area contributed by atoms with Crippen molar-refractivity contribution < 1.29 is 19.2 Å². The van der Waals surface area contributed by atoms with Crippen molar-refractivity contribution in [3.8, 4) is 0 Å². The van der Waals surface area contributed by atoms with Crippen molar-refractivity contribution in [1.82, 2.24) is 20.0 Å². The predicted octanol–water partition coefficient (Wildman–Crippen LogP) is 5.21. The number of hydrogen-bond donors (Lipinski definition) is 1. The van der Waals surface area contributed by atoms with Gasteiger partial charge in [-0.25, -0.2) is 0 Å². The van der Waals surface area contributed by atoms with Gasteiger partial charge in [0.2, 0.25) is 0 Å². The van der Waals surface area contributed by atoms with Gasteiger partial charge in [0, 0.05) is 58.7 Å². The van der Waals surface area contributed by atoms with Gasteiger partial charge < -0.3 is 10.2 Å². The fraction of sp³-hybridized carbons (Fsp3) is 0.314. The molecule has 1 atom stereocenters. The number of likely N-dealkylation sites (N-methyl/N-ethyl adjacent to an activating group) is 1. The topological polar surface area (TPSA) is 90.0 Å². The lowest BCUT2D eigenvalue weighted by Crippen LogP contribution is -2.47. The average Bonchev–Trinajstić information content (AvgIpc) is 3.03. The number of hydrogen-bond acceptors (Lipinski definition) is 6. The van der Waals surface area contributed by atoms with Crippen molar-refractivity contribution in [2.24, 2.45) is 0 Å². The number of benzene rings is 4. The zero-order valence-electron chi connectivity index (χ0n) is 25.2. The Bertz CT molecular complexity index is 1610. The van der Waals surface area contributed by atoms with Gasteiger partial charge in [-0.3, -0.25) is 29.0 Å². The van der Waals surface area contributed by atoms with Crippen LogP contribution in [0.15, 0.2) is 72.8 Å². The highest BCUT2D eigenvalue weighted by Crippen LogP contribution is 2.31. The van der Waals surface area contributed by atoms with Crippen LogP contribution >= 0.6 is 0 Å². The summed E-state index contributed by atoms with van der Waals surface area (Å²) in [7, 11) is 1.97. The van der Waals surface area contributed by atoms with Crippen LogP contribution in [0.25, 0.3) is 21.5 Å². The summed E-state index contributed by atoms with van der Waals surface area (Å²) in [4.78, 5) is 57.3. The van der Waals surface area contributed by atoms with Crippen LogP contribution in [0.2, 0.25) is 0 Å². The third-order valence-electron chi connectivity index (χ3n) is 8.08. The molecule has 0 saturated carbocycles. The Labute approximate surface area is 252 Å². The minimum absolute atomic E-state index is 0.0796. The van der Waals surface area contributed by atoms with Gasteiger partial charge in [-0.2, -0.15) is 0 Å². The molecule has 2 aliphatic rings. The molecule has 8 nitrogen and oxygen atoms in total. The molecule has 4 aromatic rings. The molecule has 0 bridgehead atoms. The molecule has 1 N–H and O–H groups in total. The molecule has 0 saturated heterocycles. The quantitative estimate of drug-likeness (QED) is 0.205. The van der Waals surface area contributed by atoms with E-state index in [4.69, 9.17) is 0 Å². The molecule has 6 rings (SSSR count). The first-order valence-electron chi connectivity index (χ1n) is 15.0. The smallest absolute Gasteiger partial charge is 0.261 e. The zero-order chi connectivity index (χ0) is 30.7. The van der Waals surface area contributed by atoms with E-state index >= 15 is 0 Å². The highest BCUT2D eigenvalue weighted by Gasteiger charge is 2.34. The summed E-state index contributed by atoms with van der Waals surface area (Å²) in [6.07, 6.45) is 0.828. The Morgan fingerprint density at radius 1 is 0.651 bits per heavy atom. The summed E-state index contributed by atoms with van der Waals surface area (Å²) >= 11 is 0. The van der Waals surface area contributed by atoms with Crippen molar-refractivity contribution in [3.05, 3.63) is 95.1 Å². The number of amides is 4. The molecule has 8 heteroatoms. The van der Waals surface area contributed by atoms with Crippen molar-refractivity contribution in [2.45, 2.75) is 33.2 Å². The van der Waals surface area contributed by atoms with Crippen LogP contribution < -0.4 is 5.32 Å². The Morgan fingerprint density at radius 3 is 1.51 bits per heavy atom.